The molecule has 0 bridgehead atoms. The lowest BCUT2D eigenvalue weighted by molar-refractivity contribution is -0.143. The predicted molar refractivity (Wildman–Crippen MR) is 59.5 cm³/mol. The minimum atomic E-state index is -0.304. The highest BCUT2D eigenvalue weighted by Crippen LogP contribution is 2.17. The van der Waals surface area contributed by atoms with E-state index in [1.807, 2.05) is 0 Å². The van der Waals surface area contributed by atoms with E-state index < -0.39 is 0 Å². The topological polar surface area (TPSA) is 38.3 Å². The van der Waals surface area contributed by atoms with Crippen LogP contribution in [0.5, 0.6) is 0 Å². The summed E-state index contributed by atoms with van der Waals surface area (Å²) in [5.41, 5.74) is 0.746. The maximum absolute atomic E-state index is 13.0. The van der Waals surface area contributed by atoms with E-state index in [9.17, 15) is 9.18 Å². The van der Waals surface area contributed by atoms with Crippen LogP contribution in [0.2, 0.25) is 0 Å². The zero-order valence-electron chi connectivity index (χ0n) is 9.50. The summed E-state index contributed by atoms with van der Waals surface area (Å²) in [6.45, 7) is 2.12. The summed E-state index contributed by atoms with van der Waals surface area (Å²) in [5.74, 6) is -0.590. The fourth-order valence-electron chi connectivity index (χ4n) is 1.50. The minimum absolute atomic E-state index is 0.202. The Balaban J connectivity index is 2.70. The van der Waals surface area contributed by atoms with Gasteiger partial charge >= 0.3 is 5.97 Å². The van der Waals surface area contributed by atoms with Gasteiger partial charge in [-0.05, 0) is 31.7 Å². The van der Waals surface area contributed by atoms with E-state index >= 15 is 0 Å². The highest BCUT2D eigenvalue weighted by atomic mass is 19.1. The first-order valence-electron chi connectivity index (χ1n) is 5.25. The number of ether oxygens (including phenoxy) is 1. The summed E-state index contributed by atoms with van der Waals surface area (Å²) in [4.78, 5) is 11.3. The first-order chi connectivity index (χ1) is 7.67. The van der Waals surface area contributed by atoms with Crippen LogP contribution in [0.1, 0.15) is 24.9 Å². The van der Waals surface area contributed by atoms with Crippen LogP contribution in [-0.4, -0.2) is 19.6 Å². The normalized spacial score (nSPS) is 12.2. The van der Waals surface area contributed by atoms with Gasteiger partial charge in [-0.3, -0.25) is 4.79 Å². The van der Waals surface area contributed by atoms with Gasteiger partial charge in [-0.1, -0.05) is 12.1 Å². The Bertz CT molecular complexity index is 355. The van der Waals surface area contributed by atoms with Gasteiger partial charge in [0.1, 0.15) is 5.82 Å². The Morgan fingerprint density at radius 1 is 1.56 bits per heavy atom. The van der Waals surface area contributed by atoms with Crippen molar-refractivity contribution in [3.8, 4) is 0 Å². The van der Waals surface area contributed by atoms with E-state index in [1.165, 1.54) is 12.1 Å². The zero-order chi connectivity index (χ0) is 12.0. The molecule has 4 heteroatoms. The molecular weight excluding hydrogens is 209 g/mol. The molecular formula is C12H16FNO2. The molecule has 1 aromatic carbocycles. The van der Waals surface area contributed by atoms with E-state index in [4.69, 9.17) is 4.74 Å². The number of benzene rings is 1. The maximum Gasteiger partial charge on any atom is 0.307 e. The fourth-order valence-corrected chi connectivity index (χ4v) is 1.50. The SMILES string of the molecule is CCOC(=O)CC(NC)c1cccc(F)c1. The Kier molecular flexibility index (Phi) is 4.92. The second-order valence-electron chi connectivity index (χ2n) is 3.41. The van der Waals surface area contributed by atoms with Gasteiger partial charge in [-0.2, -0.15) is 0 Å². The van der Waals surface area contributed by atoms with Crippen molar-refractivity contribution in [1.82, 2.24) is 5.32 Å². The van der Waals surface area contributed by atoms with Crippen molar-refractivity contribution < 1.29 is 13.9 Å². The molecule has 0 spiro atoms. The van der Waals surface area contributed by atoms with Gasteiger partial charge in [0.2, 0.25) is 0 Å². The van der Waals surface area contributed by atoms with Crippen molar-refractivity contribution in [2.24, 2.45) is 0 Å². The van der Waals surface area contributed by atoms with Crippen LogP contribution in [0.25, 0.3) is 0 Å². The average Bonchev–Trinajstić information content (AvgIpc) is 2.26. The van der Waals surface area contributed by atoms with Crippen molar-refractivity contribution in [2.45, 2.75) is 19.4 Å². The quantitative estimate of drug-likeness (QED) is 0.779. The second kappa shape index (κ2) is 6.23. The molecule has 1 N–H and O–H groups in total. The van der Waals surface area contributed by atoms with E-state index in [1.54, 1.807) is 26.1 Å². The molecule has 0 amide bonds. The number of halogens is 1. The predicted octanol–water partition coefficient (Wildman–Crippen LogP) is 2.04. The molecule has 1 aromatic rings. The Morgan fingerprint density at radius 3 is 2.88 bits per heavy atom. The lowest BCUT2D eigenvalue weighted by atomic mass is 10.0. The van der Waals surface area contributed by atoms with Crippen LogP contribution in [0.4, 0.5) is 4.39 Å². The summed E-state index contributed by atoms with van der Waals surface area (Å²) >= 11 is 0. The lowest BCUT2D eigenvalue weighted by Gasteiger charge is -2.15. The van der Waals surface area contributed by atoms with Gasteiger partial charge in [0.25, 0.3) is 0 Å². The molecule has 88 valence electrons. The molecule has 0 aromatic heterocycles. The van der Waals surface area contributed by atoms with Gasteiger partial charge in [0.15, 0.2) is 0 Å². The van der Waals surface area contributed by atoms with Crippen LogP contribution < -0.4 is 5.32 Å². The van der Waals surface area contributed by atoms with Gasteiger partial charge in [0, 0.05) is 6.04 Å². The number of hydrogen-bond donors (Lipinski definition) is 1. The van der Waals surface area contributed by atoms with Crippen LogP contribution >= 0.6 is 0 Å². The number of carbonyl (C=O) groups excluding carboxylic acids is 1. The van der Waals surface area contributed by atoms with Crippen molar-refractivity contribution in [1.29, 1.82) is 0 Å². The maximum atomic E-state index is 13.0. The van der Waals surface area contributed by atoms with Crippen molar-refractivity contribution in [2.75, 3.05) is 13.7 Å². The summed E-state index contributed by atoms with van der Waals surface area (Å²) < 4.78 is 17.9. The standard InChI is InChI=1S/C12H16FNO2/c1-3-16-12(15)8-11(14-2)9-5-4-6-10(13)7-9/h4-7,11,14H,3,8H2,1-2H3. The van der Waals surface area contributed by atoms with Gasteiger partial charge in [0.05, 0.1) is 13.0 Å². The molecule has 0 aliphatic heterocycles. The molecule has 16 heavy (non-hydrogen) atoms. The lowest BCUT2D eigenvalue weighted by Crippen LogP contribution is -2.21. The van der Waals surface area contributed by atoms with Crippen molar-refractivity contribution in [3.05, 3.63) is 35.6 Å². The fraction of sp³-hybridized carbons (Fsp3) is 0.417. The summed E-state index contributed by atoms with van der Waals surface area (Å²) in [5, 5.41) is 2.97. The van der Waals surface area contributed by atoms with E-state index in [0.717, 1.165) is 5.56 Å². The monoisotopic (exact) mass is 225 g/mol. The minimum Gasteiger partial charge on any atom is -0.466 e. The molecule has 1 atom stereocenters. The first kappa shape index (κ1) is 12.6. The third kappa shape index (κ3) is 3.62. The van der Waals surface area contributed by atoms with Crippen LogP contribution in [0.3, 0.4) is 0 Å². The molecule has 0 saturated carbocycles. The number of nitrogens with one attached hydrogen (secondary N) is 1. The molecule has 3 nitrogen and oxygen atoms in total. The smallest absolute Gasteiger partial charge is 0.307 e. The molecule has 0 radical (unpaired) electrons. The highest BCUT2D eigenvalue weighted by molar-refractivity contribution is 5.70. The van der Waals surface area contributed by atoms with Crippen LogP contribution in [0, 0.1) is 5.82 Å². The van der Waals surface area contributed by atoms with Crippen molar-refractivity contribution in [3.63, 3.8) is 0 Å². The Morgan fingerprint density at radius 2 is 2.31 bits per heavy atom. The molecule has 0 heterocycles. The number of carbonyl (C=O) groups is 1. The average molecular weight is 225 g/mol. The largest absolute Gasteiger partial charge is 0.466 e. The third-order valence-electron chi connectivity index (χ3n) is 2.28. The van der Waals surface area contributed by atoms with E-state index in [-0.39, 0.29) is 24.2 Å². The summed E-state index contributed by atoms with van der Waals surface area (Å²) in [6.07, 6.45) is 0.202. The number of rotatable bonds is 5. The van der Waals surface area contributed by atoms with Gasteiger partial charge in [-0.15, -0.1) is 0 Å². The van der Waals surface area contributed by atoms with Gasteiger partial charge < -0.3 is 10.1 Å². The molecule has 0 fully saturated rings. The molecule has 0 aliphatic carbocycles. The van der Waals surface area contributed by atoms with E-state index in [2.05, 4.69) is 5.32 Å². The second-order valence-corrected chi connectivity index (χ2v) is 3.41. The van der Waals surface area contributed by atoms with Crippen LogP contribution in [0.15, 0.2) is 24.3 Å². The van der Waals surface area contributed by atoms with E-state index in [0.29, 0.717) is 6.61 Å². The Labute approximate surface area is 94.6 Å². The Hall–Kier alpha value is -1.42. The van der Waals surface area contributed by atoms with Gasteiger partial charge in [-0.25, -0.2) is 4.39 Å². The molecule has 1 rings (SSSR count). The van der Waals surface area contributed by atoms with Crippen LogP contribution in [-0.2, 0) is 9.53 Å². The zero-order valence-corrected chi connectivity index (χ0v) is 9.50. The number of hydrogen-bond acceptors (Lipinski definition) is 3. The summed E-state index contributed by atoms with van der Waals surface area (Å²) in [6, 6.07) is 5.99. The first-order valence-corrected chi connectivity index (χ1v) is 5.25. The highest BCUT2D eigenvalue weighted by Gasteiger charge is 2.15. The third-order valence-corrected chi connectivity index (χ3v) is 2.28. The molecule has 0 aliphatic rings. The molecule has 0 saturated heterocycles. The molecule has 1 unspecified atom stereocenters. The summed E-state index contributed by atoms with van der Waals surface area (Å²) in [7, 11) is 1.73. The van der Waals surface area contributed by atoms with Crippen molar-refractivity contribution >= 4 is 5.97 Å². The number of esters is 1.